The van der Waals surface area contributed by atoms with Crippen molar-refractivity contribution in [3.05, 3.63) is 108 Å². The van der Waals surface area contributed by atoms with E-state index in [1.807, 2.05) is 6.07 Å². The second kappa shape index (κ2) is 6.95. The second-order valence-electron chi connectivity index (χ2n) is 8.34. The predicted octanol–water partition coefficient (Wildman–Crippen LogP) is 5.66. The molecule has 1 saturated heterocycles. The van der Waals surface area contributed by atoms with Crippen LogP contribution in [0.1, 0.15) is 43.7 Å². The maximum atomic E-state index is 6.94. The lowest BCUT2D eigenvalue weighted by Gasteiger charge is -2.41. The SMILES string of the molecule is CC(C)(C)[C@@H]1N[C@H](c2ccccc2)OC1(c1ccccc1)c1ccccc1. The van der Waals surface area contributed by atoms with Gasteiger partial charge in [-0.25, -0.2) is 0 Å². The van der Waals surface area contributed by atoms with Crippen LogP contribution < -0.4 is 5.32 Å². The molecule has 0 bridgehead atoms. The second-order valence-corrected chi connectivity index (χ2v) is 8.34. The summed E-state index contributed by atoms with van der Waals surface area (Å²) in [6.07, 6.45) is -0.157. The van der Waals surface area contributed by atoms with Gasteiger partial charge in [0.05, 0.1) is 6.04 Å². The Morgan fingerprint density at radius 2 is 1.15 bits per heavy atom. The molecule has 1 aliphatic rings. The number of hydrogen-bond donors (Lipinski definition) is 1. The molecule has 27 heavy (non-hydrogen) atoms. The molecule has 2 heteroatoms. The fourth-order valence-electron chi connectivity index (χ4n) is 4.22. The van der Waals surface area contributed by atoms with E-state index in [1.165, 1.54) is 11.1 Å². The van der Waals surface area contributed by atoms with Crippen LogP contribution in [0.2, 0.25) is 0 Å². The zero-order valence-corrected chi connectivity index (χ0v) is 16.2. The molecule has 4 rings (SSSR count). The first-order valence-electron chi connectivity index (χ1n) is 9.62. The van der Waals surface area contributed by atoms with Gasteiger partial charge in [0, 0.05) is 0 Å². The van der Waals surface area contributed by atoms with Crippen LogP contribution in [0.15, 0.2) is 91.0 Å². The molecule has 138 valence electrons. The van der Waals surface area contributed by atoms with Crippen LogP contribution in [0.4, 0.5) is 0 Å². The van der Waals surface area contributed by atoms with Crippen LogP contribution >= 0.6 is 0 Å². The van der Waals surface area contributed by atoms with Crippen LogP contribution in [-0.4, -0.2) is 6.04 Å². The Morgan fingerprint density at radius 1 is 0.704 bits per heavy atom. The zero-order valence-electron chi connectivity index (χ0n) is 16.2. The molecule has 0 saturated carbocycles. The largest absolute Gasteiger partial charge is 0.341 e. The van der Waals surface area contributed by atoms with Crippen molar-refractivity contribution < 1.29 is 4.74 Å². The van der Waals surface area contributed by atoms with Gasteiger partial charge in [0.15, 0.2) is 0 Å². The molecule has 0 radical (unpaired) electrons. The Balaban J connectivity index is 1.92. The molecule has 1 N–H and O–H groups in total. The minimum absolute atomic E-state index is 0.00475. The first-order valence-corrected chi connectivity index (χ1v) is 9.62. The average Bonchev–Trinajstić information content (AvgIpc) is 3.13. The van der Waals surface area contributed by atoms with Crippen LogP contribution in [0.25, 0.3) is 0 Å². The van der Waals surface area contributed by atoms with Gasteiger partial charge in [-0.05, 0) is 22.1 Å². The lowest BCUT2D eigenvalue weighted by atomic mass is 9.70. The monoisotopic (exact) mass is 357 g/mol. The summed E-state index contributed by atoms with van der Waals surface area (Å²) in [6, 6.07) is 31.8. The molecule has 1 fully saturated rings. The first kappa shape index (κ1) is 18.0. The highest BCUT2D eigenvalue weighted by Gasteiger charge is 2.55. The average molecular weight is 357 g/mol. The number of benzene rings is 3. The number of nitrogens with one attached hydrogen (secondary N) is 1. The Labute approximate surface area is 162 Å². The molecule has 0 spiro atoms. The van der Waals surface area contributed by atoms with Crippen molar-refractivity contribution in [1.29, 1.82) is 0 Å². The number of ether oxygens (including phenoxy) is 1. The van der Waals surface area contributed by atoms with E-state index in [4.69, 9.17) is 4.74 Å². The van der Waals surface area contributed by atoms with E-state index in [-0.39, 0.29) is 17.7 Å². The van der Waals surface area contributed by atoms with Crippen molar-refractivity contribution in [2.75, 3.05) is 0 Å². The molecule has 3 aromatic carbocycles. The van der Waals surface area contributed by atoms with E-state index in [0.717, 1.165) is 5.56 Å². The molecular weight excluding hydrogens is 330 g/mol. The standard InChI is InChI=1S/C25H27NO/c1-24(2,3)23-25(20-15-9-5-10-16-20,21-17-11-6-12-18-21)27-22(26-23)19-13-7-4-8-14-19/h4-18,22-23,26H,1-3H3/t22-,23-/m0/s1. The van der Waals surface area contributed by atoms with E-state index in [9.17, 15) is 0 Å². The van der Waals surface area contributed by atoms with E-state index >= 15 is 0 Å². The Hall–Kier alpha value is -2.42. The first-order chi connectivity index (χ1) is 13.0. The van der Waals surface area contributed by atoms with Crippen molar-refractivity contribution in [2.24, 2.45) is 5.41 Å². The van der Waals surface area contributed by atoms with Gasteiger partial charge in [0.2, 0.25) is 0 Å². The lowest BCUT2D eigenvalue weighted by molar-refractivity contribution is -0.0363. The third-order valence-corrected chi connectivity index (χ3v) is 5.40. The fourth-order valence-corrected chi connectivity index (χ4v) is 4.22. The summed E-state index contributed by atoms with van der Waals surface area (Å²) in [7, 11) is 0. The van der Waals surface area contributed by atoms with E-state index in [1.54, 1.807) is 0 Å². The molecule has 0 amide bonds. The third kappa shape index (κ3) is 3.20. The minimum Gasteiger partial charge on any atom is -0.341 e. The van der Waals surface area contributed by atoms with Gasteiger partial charge in [0.25, 0.3) is 0 Å². The van der Waals surface area contributed by atoms with Crippen LogP contribution in [0.3, 0.4) is 0 Å². The molecule has 1 heterocycles. The Morgan fingerprint density at radius 3 is 1.59 bits per heavy atom. The van der Waals surface area contributed by atoms with Crippen molar-refractivity contribution >= 4 is 0 Å². The Kier molecular flexibility index (Phi) is 4.63. The molecule has 2 nitrogen and oxygen atoms in total. The molecule has 1 aliphatic heterocycles. The highest BCUT2D eigenvalue weighted by Crippen LogP contribution is 2.50. The summed E-state index contributed by atoms with van der Waals surface area (Å²) in [5.74, 6) is 0. The summed E-state index contributed by atoms with van der Waals surface area (Å²) in [6.45, 7) is 6.84. The van der Waals surface area contributed by atoms with Crippen LogP contribution in [0, 0.1) is 5.41 Å². The summed E-state index contributed by atoms with van der Waals surface area (Å²) in [5, 5.41) is 3.81. The predicted molar refractivity (Wildman–Crippen MR) is 110 cm³/mol. The van der Waals surface area contributed by atoms with Crippen molar-refractivity contribution in [1.82, 2.24) is 5.32 Å². The summed E-state index contributed by atoms with van der Waals surface area (Å²) in [4.78, 5) is 0. The molecule has 2 atom stereocenters. The van der Waals surface area contributed by atoms with Crippen LogP contribution in [-0.2, 0) is 10.3 Å². The lowest BCUT2D eigenvalue weighted by Crippen LogP contribution is -2.50. The minimum atomic E-state index is -0.554. The highest BCUT2D eigenvalue weighted by atomic mass is 16.5. The van der Waals surface area contributed by atoms with Gasteiger partial charge < -0.3 is 4.74 Å². The van der Waals surface area contributed by atoms with Gasteiger partial charge in [-0.15, -0.1) is 0 Å². The highest BCUT2D eigenvalue weighted by molar-refractivity contribution is 5.41. The Bertz CT molecular complexity index is 829. The maximum absolute atomic E-state index is 6.94. The van der Waals surface area contributed by atoms with Gasteiger partial charge >= 0.3 is 0 Å². The molecule has 3 aromatic rings. The maximum Gasteiger partial charge on any atom is 0.136 e. The van der Waals surface area contributed by atoms with Crippen molar-refractivity contribution in [2.45, 2.75) is 38.6 Å². The van der Waals surface area contributed by atoms with E-state index in [0.29, 0.717) is 0 Å². The molecule has 0 aromatic heterocycles. The quantitative estimate of drug-likeness (QED) is 0.653. The third-order valence-electron chi connectivity index (χ3n) is 5.40. The van der Waals surface area contributed by atoms with Gasteiger partial charge in [-0.1, -0.05) is 112 Å². The molecule has 0 unspecified atom stereocenters. The topological polar surface area (TPSA) is 21.3 Å². The van der Waals surface area contributed by atoms with Gasteiger partial charge in [-0.2, -0.15) is 0 Å². The van der Waals surface area contributed by atoms with Crippen molar-refractivity contribution in [3.8, 4) is 0 Å². The van der Waals surface area contributed by atoms with E-state index < -0.39 is 5.60 Å². The smallest absolute Gasteiger partial charge is 0.136 e. The fraction of sp³-hybridized carbons (Fsp3) is 0.280. The van der Waals surface area contributed by atoms with Gasteiger partial charge in [0.1, 0.15) is 11.8 Å². The molecule has 0 aliphatic carbocycles. The normalized spacial score (nSPS) is 21.9. The summed E-state index contributed by atoms with van der Waals surface area (Å²) >= 11 is 0. The molecular formula is C25H27NO. The summed E-state index contributed by atoms with van der Waals surface area (Å²) in [5.41, 5.74) is 2.96. The van der Waals surface area contributed by atoms with Crippen molar-refractivity contribution in [3.63, 3.8) is 0 Å². The van der Waals surface area contributed by atoms with Gasteiger partial charge in [-0.3, -0.25) is 5.32 Å². The number of rotatable bonds is 3. The van der Waals surface area contributed by atoms with Crippen LogP contribution in [0.5, 0.6) is 0 Å². The zero-order chi connectivity index (χ0) is 18.9. The van der Waals surface area contributed by atoms with E-state index in [2.05, 4.69) is 111 Å². The number of hydrogen-bond acceptors (Lipinski definition) is 2. The summed E-state index contributed by atoms with van der Waals surface area (Å²) < 4.78 is 6.94.